The molecule has 0 fully saturated rings. The predicted octanol–water partition coefficient (Wildman–Crippen LogP) is 3.21. The fraction of sp³-hybridized carbons (Fsp3) is 0.200. The number of amides is 1. The Morgan fingerprint density at radius 1 is 1.08 bits per heavy atom. The summed E-state index contributed by atoms with van der Waals surface area (Å²) in [6.45, 7) is 4.12. The van der Waals surface area contributed by atoms with Crippen molar-refractivity contribution in [2.24, 2.45) is 7.05 Å². The number of anilines is 2. The van der Waals surface area contributed by atoms with Gasteiger partial charge in [0.2, 0.25) is 5.91 Å². The van der Waals surface area contributed by atoms with E-state index in [0.29, 0.717) is 5.39 Å². The molecule has 1 heterocycles. The molecule has 1 aromatic heterocycles. The topological polar surface area (TPSA) is 63.1 Å². The lowest BCUT2D eigenvalue weighted by molar-refractivity contribution is -0.114. The highest BCUT2D eigenvalue weighted by Gasteiger charge is 2.06. The SMILES string of the molecule is Cc1ccc(NC(=O)CNc2ccc3ccn(C)c(=O)c3c2)c(C)c1. The number of aryl methyl sites for hydroxylation is 3. The summed E-state index contributed by atoms with van der Waals surface area (Å²) in [5.74, 6) is -0.131. The van der Waals surface area contributed by atoms with Crippen LogP contribution in [0.3, 0.4) is 0 Å². The summed E-state index contributed by atoms with van der Waals surface area (Å²) in [4.78, 5) is 24.3. The van der Waals surface area contributed by atoms with Crippen LogP contribution in [0, 0.1) is 13.8 Å². The third-order valence-electron chi connectivity index (χ3n) is 4.19. The Bertz CT molecular complexity index is 1010. The van der Waals surface area contributed by atoms with E-state index in [2.05, 4.69) is 10.6 Å². The molecular weight excluding hydrogens is 314 g/mol. The molecule has 0 saturated heterocycles. The lowest BCUT2D eigenvalue weighted by Gasteiger charge is -2.11. The number of nitrogens with zero attached hydrogens (tertiary/aromatic N) is 1. The highest BCUT2D eigenvalue weighted by molar-refractivity contribution is 5.95. The Morgan fingerprint density at radius 3 is 2.64 bits per heavy atom. The number of nitrogens with one attached hydrogen (secondary N) is 2. The van der Waals surface area contributed by atoms with Crippen LogP contribution < -0.4 is 16.2 Å². The molecule has 0 atom stereocenters. The van der Waals surface area contributed by atoms with Crippen molar-refractivity contribution in [2.75, 3.05) is 17.2 Å². The van der Waals surface area contributed by atoms with Crippen LogP contribution in [0.15, 0.2) is 53.5 Å². The summed E-state index contributed by atoms with van der Waals surface area (Å²) < 4.78 is 1.54. The van der Waals surface area contributed by atoms with Crippen LogP contribution in [-0.4, -0.2) is 17.0 Å². The molecule has 0 radical (unpaired) electrons. The van der Waals surface area contributed by atoms with Gasteiger partial charge in [0.1, 0.15) is 0 Å². The van der Waals surface area contributed by atoms with Crippen molar-refractivity contribution in [1.82, 2.24) is 4.57 Å². The van der Waals surface area contributed by atoms with Crippen LogP contribution >= 0.6 is 0 Å². The number of hydrogen-bond donors (Lipinski definition) is 2. The maximum Gasteiger partial charge on any atom is 0.258 e. The maximum absolute atomic E-state index is 12.2. The first-order valence-corrected chi connectivity index (χ1v) is 8.14. The molecule has 5 nitrogen and oxygen atoms in total. The molecule has 0 aliphatic rings. The molecule has 5 heteroatoms. The van der Waals surface area contributed by atoms with Gasteiger partial charge in [0.25, 0.3) is 5.56 Å². The Morgan fingerprint density at radius 2 is 1.88 bits per heavy atom. The number of hydrogen-bond acceptors (Lipinski definition) is 3. The second kappa shape index (κ2) is 6.81. The van der Waals surface area contributed by atoms with Crippen LogP contribution in [0.5, 0.6) is 0 Å². The van der Waals surface area contributed by atoms with Gasteiger partial charge in [-0.25, -0.2) is 0 Å². The molecule has 0 saturated carbocycles. The summed E-state index contributed by atoms with van der Waals surface area (Å²) in [6, 6.07) is 13.3. The van der Waals surface area contributed by atoms with Gasteiger partial charge in [0, 0.05) is 30.0 Å². The van der Waals surface area contributed by atoms with Gasteiger partial charge in [-0.1, -0.05) is 23.8 Å². The first-order valence-electron chi connectivity index (χ1n) is 8.14. The van der Waals surface area contributed by atoms with E-state index < -0.39 is 0 Å². The predicted molar refractivity (Wildman–Crippen MR) is 102 cm³/mol. The third-order valence-corrected chi connectivity index (χ3v) is 4.19. The van der Waals surface area contributed by atoms with Crippen molar-refractivity contribution in [1.29, 1.82) is 0 Å². The lowest BCUT2D eigenvalue weighted by atomic mass is 10.1. The highest BCUT2D eigenvalue weighted by Crippen LogP contribution is 2.17. The molecule has 128 valence electrons. The molecule has 0 bridgehead atoms. The molecule has 2 aromatic carbocycles. The number of carbonyl (C=O) groups is 1. The summed E-state index contributed by atoms with van der Waals surface area (Å²) in [5.41, 5.74) is 3.69. The Kier molecular flexibility index (Phi) is 4.57. The third kappa shape index (κ3) is 3.71. The smallest absolute Gasteiger partial charge is 0.258 e. The van der Waals surface area contributed by atoms with Gasteiger partial charge in [0.15, 0.2) is 0 Å². The largest absolute Gasteiger partial charge is 0.376 e. The number of rotatable bonds is 4. The van der Waals surface area contributed by atoms with Gasteiger partial charge < -0.3 is 15.2 Å². The second-order valence-electron chi connectivity index (χ2n) is 6.25. The van der Waals surface area contributed by atoms with Crippen molar-refractivity contribution in [3.8, 4) is 0 Å². The van der Waals surface area contributed by atoms with Crippen LogP contribution in [0.2, 0.25) is 0 Å². The fourth-order valence-electron chi connectivity index (χ4n) is 2.78. The maximum atomic E-state index is 12.2. The minimum absolute atomic E-state index is 0.0547. The van der Waals surface area contributed by atoms with E-state index in [4.69, 9.17) is 0 Å². The average Bonchev–Trinajstić information content (AvgIpc) is 2.59. The zero-order chi connectivity index (χ0) is 18.0. The normalized spacial score (nSPS) is 10.7. The Hall–Kier alpha value is -3.08. The van der Waals surface area contributed by atoms with Gasteiger partial charge in [-0.15, -0.1) is 0 Å². The van der Waals surface area contributed by atoms with E-state index in [1.165, 1.54) is 0 Å². The molecular formula is C20H21N3O2. The summed E-state index contributed by atoms with van der Waals surface area (Å²) >= 11 is 0. The number of pyridine rings is 1. The van der Waals surface area contributed by atoms with Crippen LogP contribution in [-0.2, 0) is 11.8 Å². The molecule has 3 rings (SSSR count). The lowest BCUT2D eigenvalue weighted by Crippen LogP contribution is -2.22. The van der Waals surface area contributed by atoms with Crippen molar-refractivity contribution in [2.45, 2.75) is 13.8 Å². The second-order valence-corrected chi connectivity index (χ2v) is 6.25. The molecule has 25 heavy (non-hydrogen) atoms. The van der Waals surface area contributed by atoms with Gasteiger partial charge in [-0.2, -0.15) is 0 Å². The molecule has 2 N–H and O–H groups in total. The average molecular weight is 335 g/mol. The van der Waals surface area contributed by atoms with E-state index in [0.717, 1.165) is 27.9 Å². The van der Waals surface area contributed by atoms with E-state index in [1.54, 1.807) is 23.9 Å². The van der Waals surface area contributed by atoms with Gasteiger partial charge in [-0.3, -0.25) is 9.59 Å². The Balaban J connectivity index is 1.70. The summed E-state index contributed by atoms with van der Waals surface area (Å²) in [6.07, 6.45) is 1.75. The van der Waals surface area contributed by atoms with Crippen LogP contribution in [0.1, 0.15) is 11.1 Å². The molecule has 0 unspecified atom stereocenters. The number of carbonyl (C=O) groups excluding carboxylic acids is 1. The molecule has 3 aromatic rings. The van der Waals surface area contributed by atoms with Gasteiger partial charge in [0.05, 0.1) is 6.54 Å². The van der Waals surface area contributed by atoms with Crippen molar-refractivity contribution in [3.05, 3.63) is 70.1 Å². The van der Waals surface area contributed by atoms with Gasteiger partial charge >= 0.3 is 0 Å². The molecule has 0 spiro atoms. The number of benzene rings is 2. The first kappa shape index (κ1) is 16.8. The van der Waals surface area contributed by atoms with Gasteiger partial charge in [-0.05, 0) is 49.1 Å². The minimum Gasteiger partial charge on any atom is -0.376 e. The molecule has 1 amide bonds. The molecule has 0 aliphatic heterocycles. The van der Waals surface area contributed by atoms with Crippen molar-refractivity contribution in [3.63, 3.8) is 0 Å². The van der Waals surface area contributed by atoms with Crippen LogP contribution in [0.4, 0.5) is 11.4 Å². The van der Waals surface area contributed by atoms with E-state index in [1.807, 2.05) is 50.2 Å². The van der Waals surface area contributed by atoms with Crippen molar-refractivity contribution < 1.29 is 4.79 Å². The standard InChI is InChI=1S/C20H21N3O2/c1-13-4-7-18(14(2)10-13)22-19(24)12-21-16-6-5-15-8-9-23(3)20(25)17(15)11-16/h4-11,21H,12H2,1-3H3,(H,22,24). The summed E-state index contributed by atoms with van der Waals surface area (Å²) in [5, 5.41) is 7.48. The Labute approximate surface area is 146 Å². The molecule has 0 aliphatic carbocycles. The zero-order valence-electron chi connectivity index (χ0n) is 14.6. The number of fused-ring (bicyclic) bond motifs is 1. The number of aromatic nitrogens is 1. The minimum atomic E-state index is -0.131. The highest BCUT2D eigenvalue weighted by atomic mass is 16.2. The monoisotopic (exact) mass is 335 g/mol. The van der Waals surface area contributed by atoms with Crippen LogP contribution in [0.25, 0.3) is 10.8 Å². The van der Waals surface area contributed by atoms with Crippen molar-refractivity contribution >= 4 is 28.1 Å². The van der Waals surface area contributed by atoms with E-state index >= 15 is 0 Å². The van der Waals surface area contributed by atoms with E-state index in [-0.39, 0.29) is 18.0 Å². The summed E-state index contributed by atoms with van der Waals surface area (Å²) in [7, 11) is 1.72. The van der Waals surface area contributed by atoms with E-state index in [9.17, 15) is 9.59 Å². The zero-order valence-corrected chi connectivity index (χ0v) is 14.6. The first-order chi connectivity index (χ1) is 11.9. The quantitative estimate of drug-likeness (QED) is 0.769. The fourth-order valence-corrected chi connectivity index (χ4v) is 2.78.